The monoisotopic (exact) mass is 437 g/mol. The van der Waals surface area contributed by atoms with E-state index in [0.717, 1.165) is 61.0 Å². The van der Waals surface area contributed by atoms with Gasteiger partial charge in [0, 0.05) is 17.9 Å². The van der Waals surface area contributed by atoms with Crippen molar-refractivity contribution in [3.05, 3.63) is 34.8 Å². The van der Waals surface area contributed by atoms with Crippen LogP contribution in [0.4, 0.5) is 19.0 Å². The maximum atomic E-state index is 12.8. The predicted octanol–water partition coefficient (Wildman–Crippen LogP) is 5.02. The number of anilines is 1. The van der Waals surface area contributed by atoms with Crippen molar-refractivity contribution < 1.29 is 18.0 Å². The first kappa shape index (κ1) is 22.2. The van der Waals surface area contributed by atoms with Gasteiger partial charge < -0.3 is 9.88 Å². The number of carbonyl (C=O) groups is 1. The molecule has 1 aliphatic rings. The van der Waals surface area contributed by atoms with Crippen LogP contribution in [0.25, 0.3) is 0 Å². The van der Waals surface area contributed by atoms with E-state index in [1.54, 1.807) is 0 Å². The van der Waals surface area contributed by atoms with Crippen LogP contribution >= 0.6 is 11.8 Å². The van der Waals surface area contributed by atoms with Crippen LogP contribution in [-0.4, -0.2) is 26.2 Å². The molecule has 30 heavy (non-hydrogen) atoms. The van der Waals surface area contributed by atoms with Gasteiger partial charge in [0.25, 0.3) is 0 Å². The van der Waals surface area contributed by atoms with E-state index < -0.39 is 17.8 Å². The van der Waals surface area contributed by atoms with Crippen molar-refractivity contribution >= 4 is 23.5 Å². The number of rotatable bonds is 5. The Labute approximate surface area is 176 Å². The van der Waals surface area contributed by atoms with Crippen molar-refractivity contribution in [2.45, 2.75) is 63.3 Å². The fourth-order valence-corrected chi connectivity index (χ4v) is 4.38. The van der Waals surface area contributed by atoms with Crippen LogP contribution in [0, 0.1) is 25.2 Å². The van der Waals surface area contributed by atoms with Crippen molar-refractivity contribution in [1.82, 2.24) is 14.5 Å². The number of thioether (sulfide) groups is 1. The van der Waals surface area contributed by atoms with Crippen molar-refractivity contribution in [2.24, 2.45) is 0 Å². The fraction of sp³-hybridized carbons (Fsp3) is 0.500. The standard InChI is InChI=1S/C20H22F3N5OS/c1-12-13(2)28(14-6-4-3-5-7-14)18(15(12)10-24)27-17(29)11-30-19-25-9-8-16(26-19)20(21,22)23/h8-9,14H,3-7,11H2,1-2H3,(H,27,29). The molecule has 1 aliphatic carbocycles. The van der Waals surface area contributed by atoms with Gasteiger partial charge in [0.1, 0.15) is 17.6 Å². The normalized spacial score (nSPS) is 15.1. The molecular weight excluding hydrogens is 415 g/mol. The average molecular weight is 437 g/mol. The summed E-state index contributed by atoms with van der Waals surface area (Å²) < 4.78 is 40.4. The molecule has 10 heteroatoms. The number of hydrogen-bond acceptors (Lipinski definition) is 5. The largest absolute Gasteiger partial charge is 0.433 e. The Balaban J connectivity index is 1.77. The quantitative estimate of drug-likeness (QED) is 0.524. The second-order valence-electron chi connectivity index (χ2n) is 7.27. The summed E-state index contributed by atoms with van der Waals surface area (Å²) in [4.78, 5) is 19.8. The number of alkyl halides is 3. The number of halogens is 3. The van der Waals surface area contributed by atoms with Crippen molar-refractivity contribution in [1.29, 1.82) is 5.26 Å². The Morgan fingerprint density at radius 1 is 1.33 bits per heavy atom. The molecule has 2 aromatic heterocycles. The zero-order chi connectivity index (χ0) is 21.9. The van der Waals surface area contributed by atoms with E-state index in [2.05, 4.69) is 21.4 Å². The first-order valence-corrected chi connectivity index (χ1v) is 10.6. The molecule has 0 radical (unpaired) electrons. The lowest BCUT2D eigenvalue weighted by Crippen LogP contribution is -2.22. The van der Waals surface area contributed by atoms with Crippen LogP contribution in [0.5, 0.6) is 0 Å². The highest BCUT2D eigenvalue weighted by Gasteiger charge is 2.33. The van der Waals surface area contributed by atoms with Crippen molar-refractivity contribution in [3.8, 4) is 6.07 Å². The molecule has 1 amide bonds. The van der Waals surface area contributed by atoms with Gasteiger partial charge in [-0.2, -0.15) is 18.4 Å². The van der Waals surface area contributed by atoms with E-state index in [1.165, 1.54) is 6.42 Å². The van der Waals surface area contributed by atoms with E-state index in [4.69, 9.17) is 0 Å². The van der Waals surface area contributed by atoms with Gasteiger partial charge in [-0.25, -0.2) is 9.97 Å². The number of aromatic nitrogens is 3. The number of amides is 1. The molecule has 0 aliphatic heterocycles. The maximum absolute atomic E-state index is 12.8. The highest BCUT2D eigenvalue weighted by Crippen LogP contribution is 2.37. The van der Waals surface area contributed by atoms with Gasteiger partial charge in [-0.3, -0.25) is 4.79 Å². The van der Waals surface area contributed by atoms with Gasteiger partial charge >= 0.3 is 6.18 Å². The molecular formula is C20H22F3N5OS. The van der Waals surface area contributed by atoms with Crippen LogP contribution in [0.3, 0.4) is 0 Å². The number of nitrogens with one attached hydrogen (secondary N) is 1. The van der Waals surface area contributed by atoms with Gasteiger partial charge in [0.15, 0.2) is 5.16 Å². The summed E-state index contributed by atoms with van der Waals surface area (Å²) in [7, 11) is 0. The highest BCUT2D eigenvalue weighted by atomic mass is 32.2. The minimum absolute atomic E-state index is 0.129. The Bertz CT molecular complexity index is 974. The summed E-state index contributed by atoms with van der Waals surface area (Å²) in [6.45, 7) is 3.79. The molecule has 2 aromatic rings. The number of hydrogen-bond donors (Lipinski definition) is 1. The van der Waals surface area contributed by atoms with Gasteiger partial charge in [-0.15, -0.1) is 0 Å². The number of carbonyl (C=O) groups excluding carboxylic acids is 1. The van der Waals surface area contributed by atoms with E-state index in [-0.39, 0.29) is 17.0 Å². The Morgan fingerprint density at radius 3 is 2.67 bits per heavy atom. The molecule has 1 saturated carbocycles. The van der Waals surface area contributed by atoms with Crippen LogP contribution < -0.4 is 5.32 Å². The molecule has 0 aromatic carbocycles. The molecule has 1 fully saturated rings. The summed E-state index contributed by atoms with van der Waals surface area (Å²) in [5, 5.41) is 12.3. The van der Waals surface area contributed by atoms with Crippen LogP contribution in [0.1, 0.15) is 60.7 Å². The third-order valence-electron chi connectivity index (χ3n) is 5.32. The molecule has 0 bridgehead atoms. The van der Waals surface area contributed by atoms with Gasteiger partial charge in [-0.05, 0) is 38.3 Å². The third-order valence-corrected chi connectivity index (χ3v) is 6.18. The van der Waals surface area contributed by atoms with E-state index in [9.17, 15) is 23.2 Å². The lowest BCUT2D eigenvalue weighted by molar-refractivity contribution is -0.141. The van der Waals surface area contributed by atoms with Crippen LogP contribution in [0.2, 0.25) is 0 Å². The van der Waals surface area contributed by atoms with Crippen molar-refractivity contribution in [2.75, 3.05) is 11.1 Å². The summed E-state index contributed by atoms with van der Waals surface area (Å²) in [6, 6.07) is 3.18. The Hall–Kier alpha value is -2.54. The molecule has 160 valence electrons. The molecule has 0 unspecified atom stereocenters. The summed E-state index contributed by atoms with van der Waals surface area (Å²) in [5.74, 6) is -0.123. The average Bonchev–Trinajstić information content (AvgIpc) is 2.96. The second-order valence-corrected chi connectivity index (χ2v) is 8.21. The van der Waals surface area contributed by atoms with Crippen LogP contribution in [0.15, 0.2) is 17.4 Å². The fourth-order valence-electron chi connectivity index (χ4n) is 3.75. The lowest BCUT2D eigenvalue weighted by atomic mass is 9.95. The van der Waals surface area contributed by atoms with E-state index >= 15 is 0 Å². The summed E-state index contributed by atoms with van der Waals surface area (Å²) in [5.41, 5.74) is 1.14. The molecule has 0 saturated heterocycles. The molecule has 2 heterocycles. The molecule has 1 N–H and O–H groups in total. The van der Waals surface area contributed by atoms with Gasteiger partial charge in [0.05, 0.1) is 11.3 Å². The molecule has 0 atom stereocenters. The summed E-state index contributed by atoms with van der Waals surface area (Å²) >= 11 is 0.818. The maximum Gasteiger partial charge on any atom is 0.433 e. The minimum atomic E-state index is -4.57. The molecule has 3 rings (SSSR count). The highest BCUT2D eigenvalue weighted by molar-refractivity contribution is 7.99. The third kappa shape index (κ3) is 4.78. The first-order chi connectivity index (χ1) is 14.2. The zero-order valence-electron chi connectivity index (χ0n) is 16.7. The molecule has 6 nitrogen and oxygen atoms in total. The van der Waals surface area contributed by atoms with E-state index in [1.807, 2.05) is 18.4 Å². The SMILES string of the molecule is Cc1c(C#N)c(NC(=O)CSc2nccc(C(F)(F)F)n2)n(C2CCCCC2)c1C. The van der Waals surface area contributed by atoms with Gasteiger partial charge in [0.2, 0.25) is 5.91 Å². The predicted molar refractivity (Wildman–Crippen MR) is 107 cm³/mol. The number of nitriles is 1. The van der Waals surface area contributed by atoms with Gasteiger partial charge in [-0.1, -0.05) is 31.0 Å². The topological polar surface area (TPSA) is 83.6 Å². The van der Waals surface area contributed by atoms with Crippen molar-refractivity contribution in [3.63, 3.8) is 0 Å². The van der Waals surface area contributed by atoms with Crippen LogP contribution in [-0.2, 0) is 11.0 Å². The minimum Gasteiger partial charge on any atom is -0.327 e. The Kier molecular flexibility index (Phi) is 6.71. The number of nitrogens with zero attached hydrogens (tertiary/aromatic N) is 4. The zero-order valence-corrected chi connectivity index (χ0v) is 17.5. The Morgan fingerprint density at radius 2 is 2.03 bits per heavy atom. The van der Waals surface area contributed by atoms with E-state index in [0.29, 0.717) is 11.4 Å². The molecule has 0 spiro atoms. The smallest absolute Gasteiger partial charge is 0.327 e. The second kappa shape index (κ2) is 9.08. The summed E-state index contributed by atoms with van der Waals surface area (Å²) in [6.07, 6.45) is 1.78. The lowest BCUT2D eigenvalue weighted by Gasteiger charge is -2.27. The first-order valence-electron chi connectivity index (χ1n) is 9.66.